The first-order chi connectivity index (χ1) is 16.1. The van der Waals surface area contributed by atoms with Crippen molar-refractivity contribution in [2.24, 2.45) is 0 Å². The molecule has 4 nitrogen and oxygen atoms in total. The molecule has 0 saturated carbocycles. The molecule has 5 rings (SSSR count). The van der Waals surface area contributed by atoms with Crippen LogP contribution in [0.4, 0.5) is 5.69 Å². The number of rotatable bonds is 5. The number of amides is 1. The third-order valence-electron chi connectivity index (χ3n) is 6.27. The Balaban J connectivity index is 1.31. The highest BCUT2D eigenvalue weighted by atomic mass is 35.5. The number of piperidine rings is 1. The minimum absolute atomic E-state index is 0.130. The second-order valence-electron chi connectivity index (χ2n) is 8.63. The zero-order valence-corrected chi connectivity index (χ0v) is 20.2. The van der Waals surface area contributed by atoms with E-state index in [2.05, 4.69) is 16.3 Å². The Morgan fingerprint density at radius 2 is 1.85 bits per heavy atom. The number of fused-ring (bicyclic) bond motifs is 1. The largest absolute Gasteiger partial charge is 0.322 e. The van der Waals surface area contributed by atoms with Crippen molar-refractivity contribution in [2.75, 3.05) is 18.4 Å². The van der Waals surface area contributed by atoms with Gasteiger partial charge in [-0.2, -0.15) is 0 Å². The number of carbonyl (C=O) groups excluding carboxylic acids is 1. The van der Waals surface area contributed by atoms with Gasteiger partial charge in [0, 0.05) is 34.3 Å². The van der Waals surface area contributed by atoms with E-state index >= 15 is 0 Å². The minimum Gasteiger partial charge on any atom is -0.322 e. The summed E-state index contributed by atoms with van der Waals surface area (Å²) >= 11 is 7.56. The van der Waals surface area contributed by atoms with Crippen LogP contribution < -0.4 is 5.32 Å². The summed E-state index contributed by atoms with van der Waals surface area (Å²) in [5.74, 6) is -0.130. The van der Waals surface area contributed by atoms with Gasteiger partial charge in [0.2, 0.25) is 0 Å². The summed E-state index contributed by atoms with van der Waals surface area (Å²) in [6, 6.07) is 17.7. The maximum atomic E-state index is 12.9. The summed E-state index contributed by atoms with van der Waals surface area (Å²) in [4.78, 5) is 21.2. The number of hydrogen-bond donors (Lipinski definition) is 1. The number of benzene rings is 2. The monoisotopic (exact) mass is 475 g/mol. The van der Waals surface area contributed by atoms with Crippen molar-refractivity contribution in [1.29, 1.82) is 0 Å². The molecule has 0 aliphatic carbocycles. The SMILES string of the molecule is Cc1c(NC(=O)c2ccc(-c3ccc(Cl)s3)cc2)ccc2cc(CN3CCCCC3)cnc12. The van der Waals surface area contributed by atoms with E-state index in [1.165, 1.54) is 49.3 Å². The minimum atomic E-state index is -0.130. The predicted octanol–water partition coefficient (Wildman–Crippen LogP) is 7.16. The van der Waals surface area contributed by atoms with E-state index in [1.54, 1.807) is 0 Å². The van der Waals surface area contributed by atoms with E-state index in [0.29, 0.717) is 5.56 Å². The fraction of sp³-hybridized carbons (Fsp3) is 0.259. The highest BCUT2D eigenvalue weighted by Gasteiger charge is 2.14. The van der Waals surface area contributed by atoms with E-state index in [4.69, 9.17) is 16.6 Å². The first-order valence-corrected chi connectivity index (χ1v) is 12.5. The van der Waals surface area contributed by atoms with Crippen molar-refractivity contribution in [3.05, 3.63) is 81.8 Å². The van der Waals surface area contributed by atoms with Crippen molar-refractivity contribution in [2.45, 2.75) is 32.7 Å². The Labute approximate surface area is 203 Å². The molecule has 4 aromatic rings. The molecular formula is C27H26ClN3OS. The molecule has 1 amide bonds. The van der Waals surface area contributed by atoms with Crippen LogP contribution in [0.1, 0.15) is 40.7 Å². The molecule has 1 aliphatic heterocycles. The molecule has 0 bridgehead atoms. The molecule has 3 heterocycles. The number of anilines is 1. The smallest absolute Gasteiger partial charge is 0.255 e. The van der Waals surface area contributed by atoms with Gasteiger partial charge in [-0.15, -0.1) is 11.3 Å². The number of thiophene rings is 1. The van der Waals surface area contributed by atoms with Gasteiger partial charge in [-0.3, -0.25) is 14.7 Å². The fourth-order valence-electron chi connectivity index (χ4n) is 4.44. The molecule has 1 aliphatic rings. The Kier molecular flexibility index (Phi) is 6.45. The van der Waals surface area contributed by atoms with E-state index in [0.717, 1.165) is 43.5 Å². The summed E-state index contributed by atoms with van der Waals surface area (Å²) in [6.07, 6.45) is 5.89. The normalized spacial score (nSPS) is 14.5. The Morgan fingerprint density at radius 1 is 1.06 bits per heavy atom. The van der Waals surface area contributed by atoms with Crippen molar-refractivity contribution in [3.63, 3.8) is 0 Å². The van der Waals surface area contributed by atoms with Gasteiger partial charge in [0.1, 0.15) is 0 Å². The summed E-state index contributed by atoms with van der Waals surface area (Å²) < 4.78 is 0.755. The average Bonchev–Trinajstić information content (AvgIpc) is 3.28. The van der Waals surface area contributed by atoms with Crippen LogP contribution in [0, 0.1) is 6.92 Å². The second-order valence-corrected chi connectivity index (χ2v) is 10.3. The molecule has 2 aromatic heterocycles. The number of nitrogens with zero attached hydrogens (tertiary/aromatic N) is 2. The van der Waals surface area contributed by atoms with Crippen LogP contribution in [-0.4, -0.2) is 28.9 Å². The van der Waals surface area contributed by atoms with Gasteiger partial charge in [0.15, 0.2) is 0 Å². The van der Waals surface area contributed by atoms with Gasteiger partial charge in [-0.05, 0) is 85.9 Å². The highest BCUT2D eigenvalue weighted by molar-refractivity contribution is 7.19. The lowest BCUT2D eigenvalue weighted by atomic mass is 10.1. The van der Waals surface area contributed by atoms with E-state index in [1.807, 2.05) is 61.7 Å². The topological polar surface area (TPSA) is 45.2 Å². The fourth-order valence-corrected chi connectivity index (χ4v) is 5.49. The second kappa shape index (κ2) is 9.64. The standard InChI is InChI=1S/C27H26ClN3OS/c1-18-23(30-27(32)21-7-5-20(6-8-21)24-11-12-25(28)33-24)10-9-22-15-19(16-29-26(18)22)17-31-13-3-2-4-14-31/h5-12,15-16H,2-4,13-14,17H2,1H3,(H,30,32). The maximum Gasteiger partial charge on any atom is 0.255 e. The van der Waals surface area contributed by atoms with Crippen LogP contribution in [-0.2, 0) is 6.54 Å². The van der Waals surface area contributed by atoms with Crippen LogP contribution in [0.15, 0.2) is 60.8 Å². The van der Waals surface area contributed by atoms with Gasteiger partial charge < -0.3 is 5.32 Å². The number of hydrogen-bond acceptors (Lipinski definition) is 4. The lowest BCUT2D eigenvalue weighted by Gasteiger charge is -2.26. The van der Waals surface area contributed by atoms with Crippen molar-refractivity contribution >= 4 is 45.4 Å². The molecular weight excluding hydrogens is 450 g/mol. The zero-order valence-electron chi connectivity index (χ0n) is 18.6. The molecule has 6 heteroatoms. The predicted molar refractivity (Wildman–Crippen MR) is 138 cm³/mol. The molecule has 2 aromatic carbocycles. The van der Waals surface area contributed by atoms with Crippen LogP contribution in [0.5, 0.6) is 0 Å². The third kappa shape index (κ3) is 4.96. The summed E-state index contributed by atoms with van der Waals surface area (Å²) in [5.41, 5.74) is 5.61. The molecule has 0 atom stereocenters. The van der Waals surface area contributed by atoms with Crippen LogP contribution >= 0.6 is 22.9 Å². The third-order valence-corrected chi connectivity index (χ3v) is 7.55. The number of pyridine rings is 1. The number of likely N-dealkylation sites (tertiary alicyclic amines) is 1. The molecule has 1 saturated heterocycles. The number of nitrogens with one attached hydrogen (secondary N) is 1. The Hall–Kier alpha value is -2.73. The number of aryl methyl sites for hydroxylation is 1. The molecule has 0 spiro atoms. The van der Waals surface area contributed by atoms with Gasteiger partial charge in [0.05, 0.1) is 9.85 Å². The van der Waals surface area contributed by atoms with Crippen molar-refractivity contribution in [1.82, 2.24) is 9.88 Å². The molecule has 0 radical (unpaired) electrons. The summed E-state index contributed by atoms with van der Waals surface area (Å²) in [5, 5.41) is 4.17. The van der Waals surface area contributed by atoms with Crippen LogP contribution in [0.3, 0.4) is 0 Å². The first kappa shape index (κ1) is 22.1. The maximum absolute atomic E-state index is 12.9. The molecule has 1 N–H and O–H groups in total. The van der Waals surface area contributed by atoms with Crippen molar-refractivity contribution in [3.8, 4) is 10.4 Å². The van der Waals surface area contributed by atoms with Crippen molar-refractivity contribution < 1.29 is 4.79 Å². The molecule has 1 fully saturated rings. The van der Waals surface area contributed by atoms with Crippen LogP contribution in [0.25, 0.3) is 21.3 Å². The van der Waals surface area contributed by atoms with Gasteiger partial charge in [-0.1, -0.05) is 36.2 Å². The Morgan fingerprint density at radius 3 is 2.58 bits per heavy atom. The lowest BCUT2D eigenvalue weighted by molar-refractivity contribution is 0.102. The van der Waals surface area contributed by atoms with E-state index < -0.39 is 0 Å². The van der Waals surface area contributed by atoms with Gasteiger partial charge >= 0.3 is 0 Å². The quantitative estimate of drug-likeness (QED) is 0.333. The summed E-state index contributed by atoms with van der Waals surface area (Å²) in [7, 11) is 0. The van der Waals surface area contributed by atoms with Crippen LogP contribution in [0.2, 0.25) is 4.34 Å². The number of carbonyl (C=O) groups is 1. The molecule has 33 heavy (non-hydrogen) atoms. The highest BCUT2D eigenvalue weighted by Crippen LogP contribution is 2.31. The van der Waals surface area contributed by atoms with E-state index in [-0.39, 0.29) is 5.91 Å². The molecule has 168 valence electrons. The average molecular weight is 476 g/mol. The zero-order chi connectivity index (χ0) is 22.8. The Bertz CT molecular complexity index is 1290. The lowest BCUT2D eigenvalue weighted by Crippen LogP contribution is -2.29. The van der Waals surface area contributed by atoms with E-state index in [9.17, 15) is 4.79 Å². The van der Waals surface area contributed by atoms with Gasteiger partial charge in [0.25, 0.3) is 5.91 Å². The van der Waals surface area contributed by atoms with Gasteiger partial charge in [-0.25, -0.2) is 0 Å². The molecule has 0 unspecified atom stereocenters. The first-order valence-electron chi connectivity index (χ1n) is 11.3. The summed E-state index contributed by atoms with van der Waals surface area (Å²) in [6.45, 7) is 5.31. The number of aromatic nitrogens is 1. The number of halogens is 1.